The van der Waals surface area contributed by atoms with E-state index < -0.39 is 0 Å². The molecule has 0 saturated carbocycles. The van der Waals surface area contributed by atoms with Gasteiger partial charge in [0, 0.05) is 17.8 Å². The van der Waals surface area contributed by atoms with Crippen molar-refractivity contribution in [3.05, 3.63) is 27.7 Å². The highest BCUT2D eigenvalue weighted by atomic mass is 32.1. The van der Waals surface area contributed by atoms with Gasteiger partial charge in [-0.25, -0.2) is 9.78 Å². The molecule has 126 valence electrons. The first kappa shape index (κ1) is 16.6. The summed E-state index contributed by atoms with van der Waals surface area (Å²) in [5.41, 5.74) is 1.87. The van der Waals surface area contributed by atoms with Gasteiger partial charge in [0.2, 0.25) is 0 Å². The summed E-state index contributed by atoms with van der Waals surface area (Å²) in [6.45, 7) is 7.04. The summed E-state index contributed by atoms with van der Waals surface area (Å²) in [5.74, 6) is 0.160. The standard InChI is InChI=1S/C17H24N2O3S/c1-2-22-17(20)15-12-23-16(18-15)14-5-7-19(8-6-14)10-13-4-3-9-21-11-13/h4,12,14H,2-3,5-11H2,1H3. The van der Waals surface area contributed by atoms with Crippen molar-refractivity contribution in [3.8, 4) is 0 Å². The number of esters is 1. The number of piperidine rings is 1. The van der Waals surface area contributed by atoms with Crippen LogP contribution < -0.4 is 0 Å². The van der Waals surface area contributed by atoms with Crippen molar-refractivity contribution in [2.45, 2.75) is 32.1 Å². The van der Waals surface area contributed by atoms with E-state index >= 15 is 0 Å². The van der Waals surface area contributed by atoms with Crippen molar-refractivity contribution in [3.63, 3.8) is 0 Å². The number of ether oxygens (including phenoxy) is 2. The maximum atomic E-state index is 11.7. The summed E-state index contributed by atoms with van der Waals surface area (Å²) < 4.78 is 10.5. The second-order valence-electron chi connectivity index (χ2n) is 6.05. The Morgan fingerprint density at radius 1 is 1.48 bits per heavy atom. The fourth-order valence-electron chi connectivity index (χ4n) is 3.12. The van der Waals surface area contributed by atoms with Crippen molar-refractivity contribution < 1.29 is 14.3 Å². The van der Waals surface area contributed by atoms with E-state index in [0.29, 0.717) is 18.2 Å². The van der Waals surface area contributed by atoms with Gasteiger partial charge < -0.3 is 9.47 Å². The Hall–Kier alpha value is -1.24. The Kier molecular flexibility index (Phi) is 5.80. The van der Waals surface area contributed by atoms with Crippen LogP contribution in [0.3, 0.4) is 0 Å². The molecule has 0 aliphatic carbocycles. The fraction of sp³-hybridized carbons (Fsp3) is 0.647. The zero-order valence-electron chi connectivity index (χ0n) is 13.6. The SMILES string of the molecule is CCOC(=O)c1csc(C2CCN(CC3=CCCOC3)CC2)n1. The van der Waals surface area contributed by atoms with E-state index in [2.05, 4.69) is 16.0 Å². The van der Waals surface area contributed by atoms with Gasteiger partial charge in [-0.3, -0.25) is 4.90 Å². The van der Waals surface area contributed by atoms with Crippen LogP contribution in [0.5, 0.6) is 0 Å². The van der Waals surface area contributed by atoms with Crippen LogP contribution in [0.4, 0.5) is 0 Å². The summed E-state index contributed by atoms with van der Waals surface area (Å²) in [6.07, 6.45) is 5.57. The molecule has 0 radical (unpaired) electrons. The number of rotatable bonds is 5. The second kappa shape index (κ2) is 8.04. The molecular formula is C17H24N2O3S. The van der Waals surface area contributed by atoms with Gasteiger partial charge >= 0.3 is 5.97 Å². The zero-order valence-corrected chi connectivity index (χ0v) is 14.4. The molecule has 6 heteroatoms. The smallest absolute Gasteiger partial charge is 0.357 e. The van der Waals surface area contributed by atoms with Crippen LogP contribution in [0, 0.1) is 0 Å². The molecule has 5 nitrogen and oxygen atoms in total. The molecule has 0 bridgehead atoms. The second-order valence-corrected chi connectivity index (χ2v) is 6.94. The highest BCUT2D eigenvalue weighted by Gasteiger charge is 2.24. The zero-order chi connectivity index (χ0) is 16.1. The van der Waals surface area contributed by atoms with E-state index in [9.17, 15) is 4.79 Å². The minimum atomic E-state index is -0.309. The van der Waals surface area contributed by atoms with Crippen LogP contribution in [0.1, 0.15) is 47.6 Å². The van der Waals surface area contributed by atoms with E-state index in [1.165, 1.54) is 5.57 Å². The molecule has 1 aromatic rings. The van der Waals surface area contributed by atoms with Gasteiger partial charge in [0.05, 0.1) is 24.8 Å². The maximum absolute atomic E-state index is 11.7. The first-order valence-electron chi connectivity index (χ1n) is 8.36. The molecule has 0 spiro atoms. The van der Waals surface area contributed by atoms with Crippen LogP contribution in [0.2, 0.25) is 0 Å². The summed E-state index contributed by atoms with van der Waals surface area (Å²) in [4.78, 5) is 18.7. The predicted octanol–water partition coefficient (Wildman–Crippen LogP) is 2.85. The van der Waals surface area contributed by atoms with E-state index in [1.54, 1.807) is 11.3 Å². The molecule has 1 fully saturated rings. The number of likely N-dealkylation sites (tertiary alicyclic amines) is 1. The lowest BCUT2D eigenvalue weighted by atomic mass is 9.97. The van der Waals surface area contributed by atoms with Gasteiger partial charge in [-0.05, 0) is 44.8 Å². The lowest BCUT2D eigenvalue weighted by Crippen LogP contribution is -2.35. The molecule has 0 unspecified atom stereocenters. The number of hydrogen-bond donors (Lipinski definition) is 0. The minimum absolute atomic E-state index is 0.309. The van der Waals surface area contributed by atoms with E-state index in [1.807, 2.05) is 12.3 Å². The van der Waals surface area contributed by atoms with Crippen molar-refractivity contribution in [2.24, 2.45) is 0 Å². The Morgan fingerprint density at radius 3 is 3.00 bits per heavy atom. The average Bonchev–Trinajstić information content (AvgIpc) is 3.07. The van der Waals surface area contributed by atoms with E-state index in [0.717, 1.165) is 57.1 Å². The van der Waals surface area contributed by atoms with Gasteiger partial charge in [0.25, 0.3) is 0 Å². The highest BCUT2D eigenvalue weighted by Crippen LogP contribution is 2.30. The molecule has 0 atom stereocenters. The summed E-state index contributed by atoms with van der Waals surface area (Å²) in [7, 11) is 0. The number of hydrogen-bond acceptors (Lipinski definition) is 6. The van der Waals surface area contributed by atoms with Gasteiger partial charge in [-0.1, -0.05) is 6.08 Å². The molecule has 3 rings (SSSR count). The number of aromatic nitrogens is 1. The molecule has 3 heterocycles. The van der Waals surface area contributed by atoms with Gasteiger partial charge in [0.15, 0.2) is 5.69 Å². The van der Waals surface area contributed by atoms with Crippen LogP contribution in [0.15, 0.2) is 17.0 Å². The van der Waals surface area contributed by atoms with Gasteiger partial charge in [-0.2, -0.15) is 0 Å². The predicted molar refractivity (Wildman–Crippen MR) is 90.0 cm³/mol. The number of thiazole rings is 1. The van der Waals surface area contributed by atoms with Crippen LogP contribution in [0.25, 0.3) is 0 Å². The monoisotopic (exact) mass is 336 g/mol. The van der Waals surface area contributed by atoms with Gasteiger partial charge in [-0.15, -0.1) is 11.3 Å². The van der Waals surface area contributed by atoms with Crippen molar-refractivity contribution in [2.75, 3.05) is 39.5 Å². The fourth-order valence-corrected chi connectivity index (χ4v) is 4.08. The third-order valence-electron chi connectivity index (χ3n) is 4.35. The Bertz CT molecular complexity index is 562. The molecule has 23 heavy (non-hydrogen) atoms. The highest BCUT2D eigenvalue weighted by molar-refractivity contribution is 7.09. The van der Waals surface area contributed by atoms with Crippen LogP contribution >= 0.6 is 11.3 Å². The molecule has 1 saturated heterocycles. The largest absolute Gasteiger partial charge is 0.461 e. The lowest BCUT2D eigenvalue weighted by Gasteiger charge is -2.32. The number of nitrogens with zero attached hydrogens (tertiary/aromatic N) is 2. The van der Waals surface area contributed by atoms with E-state index in [4.69, 9.17) is 9.47 Å². The molecule has 0 amide bonds. The van der Waals surface area contributed by atoms with Crippen LogP contribution in [-0.2, 0) is 9.47 Å². The molecular weight excluding hydrogens is 312 g/mol. The first-order chi connectivity index (χ1) is 11.3. The molecule has 2 aliphatic rings. The first-order valence-corrected chi connectivity index (χ1v) is 9.24. The molecule has 0 N–H and O–H groups in total. The number of carbonyl (C=O) groups is 1. The summed E-state index contributed by atoms with van der Waals surface area (Å²) >= 11 is 1.59. The summed E-state index contributed by atoms with van der Waals surface area (Å²) in [6, 6.07) is 0. The third-order valence-corrected chi connectivity index (χ3v) is 5.36. The molecule has 2 aliphatic heterocycles. The molecule has 1 aromatic heterocycles. The van der Waals surface area contributed by atoms with Crippen LogP contribution in [-0.4, -0.2) is 55.3 Å². The summed E-state index contributed by atoms with van der Waals surface area (Å²) in [5, 5.41) is 2.90. The maximum Gasteiger partial charge on any atom is 0.357 e. The topological polar surface area (TPSA) is 51.7 Å². The van der Waals surface area contributed by atoms with Crippen molar-refractivity contribution >= 4 is 17.3 Å². The Morgan fingerprint density at radius 2 is 2.30 bits per heavy atom. The quantitative estimate of drug-likeness (QED) is 0.611. The normalized spacial score (nSPS) is 20.3. The average molecular weight is 336 g/mol. The lowest BCUT2D eigenvalue weighted by molar-refractivity contribution is 0.0520. The number of carbonyl (C=O) groups excluding carboxylic acids is 1. The third kappa shape index (κ3) is 4.40. The van der Waals surface area contributed by atoms with Crippen molar-refractivity contribution in [1.82, 2.24) is 9.88 Å². The van der Waals surface area contributed by atoms with Gasteiger partial charge in [0.1, 0.15) is 0 Å². The van der Waals surface area contributed by atoms with Crippen molar-refractivity contribution in [1.29, 1.82) is 0 Å². The Balaban J connectivity index is 1.50. The minimum Gasteiger partial charge on any atom is -0.461 e. The Labute approximate surface area is 141 Å². The van der Waals surface area contributed by atoms with E-state index in [-0.39, 0.29) is 5.97 Å². The molecule has 0 aromatic carbocycles.